The summed E-state index contributed by atoms with van der Waals surface area (Å²) in [5, 5.41) is 0. The first kappa shape index (κ1) is 15.8. The molecule has 1 aromatic carbocycles. The molecule has 1 aromatic rings. The van der Waals surface area contributed by atoms with Gasteiger partial charge in [-0.1, -0.05) is 18.6 Å². The molecular formula is C17H26N2O2. The molecule has 0 atom stereocenters. The standard InChI is InChI=1S/C17H26N2O2/c1-2-21-17(20)9-4-3-5-11-19-12-10-15-14(13-19)7-6-8-16(15)18/h6-8H,2-5,9-13,18H2,1H3. The molecule has 21 heavy (non-hydrogen) atoms. The van der Waals surface area contributed by atoms with Crippen LogP contribution in [0, 0.1) is 0 Å². The molecule has 0 fully saturated rings. The smallest absolute Gasteiger partial charge is 0.305 e. The minimum absolute atomic E-state index is 0.0696. The van der Waals surface area contributed by atoms with Gasteiger partial charge in [-0.25, -0.2) is 0 Å². The first-order valence-electron chi connectivity index (χ1n) is 7.95. The van der Waals surface area contributed by atoms with Crippen LogP contribution in [-0.2, 0) is 22.5 Å². The first-order valence-corrected chi connectivity index (χ1v) is 7.95. The number of unbranched alkanes of at least 4 members (excludes halogenated alkanes) is 2. The van der Waals surface area contributed by atoms with Crippen LogP contribution in [0.1, 0.15) is 43.7 Å². The number of anilines is 1. The molecule has 0 unspecified atom stereocenters. The summed E-state index contributed by atoms with van der Waals surface area (Å²) in [6, 6.07) is 6.21. The quantitative estimate of drug-likeness (QED) is 0.476. The number of hydrogen-bond acceptors (Lipinski definition) is 4. The molecule has 0 aromatic heterocycles. The number of rotatable bonds is 7. The van der Waals surface area contributed by atoms with Crippen LogP contribution >= 0.6 is 0 Å². The second-order valence-corrected chi connectivity index (χ2v) is 5.63. The Bertz CT molecular complexity index is 474. The molecule has 2 N–H and O–H groups in total. The highest BCUT2D eigenvalue weighted by Gasteiger charge is 2.17. The van der Waals surface area contributed by atoms with Crippen molar-refractivity contribution in [3.8, 4) is 0 Å². The number of nitrogens with zero attached hydrogens (tertiary/aromatic N) is 1. The summed E-state index contributed by atoms with van der Waals surface area (Å²) < 4.78 is 4.93. The van der Waals surface area contributed by atoms with E-state index in [1.54, 1.807) is 0 Å². The molecule has 1 aliphatic rings. The van der Waals surface area contributed by atoms with Gasteiger partial charge in [0, 0.05) is 25.2 Å². The average molecular weight is 290 g/mol. The lowest BCUT2D eigenvalue weighted by Gasteiger charge is -2.29. The summed E-state index contributed by atoms with van der Waals surface area (Å²) in [7, 11) is 0. The fraction of sp³-hybridized carbons (Fsp3) is 0.588. The Morgan fingerprint density at radius 2 is 2.19 bits per heavy atom. The largest absolute Gasteiger partial charge is 0.466 e. The second kappa shape index (κ2) is 8.03. The molecule has 0 bridgehead atoms. The van der Waals surface area contributed by atoms with Gasteiger partial charge in [-0.05, 0) is 49.9 Å². The van der Waals surface area contributed by atoms with Gasteiger partial charge in [0.15, 0.2) is 0 Å². The van der Waals surface area contributed by atoms with E-state index in [0.717, 1.165) is 51.0 Å². The summed E-state index contributed by atoms with van der Waals surface area (Å²) >= 11 is 0. The van der Waals surface area contributed by atoms with E-state index in [0.29, 0.717) is 13.0 Å². The summed E-state index contributed by atoms with van der Waals surface area (Å²) in [4.78, 5) is 13.7. The summed E-state index contributed by atoms with van der Waals surface area (Å²) in [5.41, 5.74) is 9.65. The van der Waals surface area contributed by atoms with Crippen LogP contribution in [0.25, 0.3) is 0 Å². The summed E-state index contributed by atoms with van der Waals surface area (Å²) in [6.07, 6.45) is 4.74. The van der Waals surface area contributed by atoms with Crippen molar-refractivity contribution < 1.29 is 9.53 Å². The number of carbonyl (C=O) groups is 1. The highest BCUT2D eigenvalue weighted by atomic mass is 16.5. The molecule has 2 rings (SSSR count). The van der Waals surface area contributed by atoms with Crippen molar-refractivity contribution in [2.75, 3.05) is 25.4 Å². The average Bonchev–Trinajstić information content (AvgIpc) is 2.47. The number of nitrogens with two attached hydrogens (primary N) is 1. The van der Waals surface area contributed by atoms with Crippen molar-refractivity contribution in [3.05, 3.63) is 29.3 Å². The van der Waals surface area contributed by atoms with Crippen LogP contribution in [0.3, 0.4) is 0 Å². The molecule has 0 spiro atoms. The van der Waals surface area contributed by atoms with Gasteiger partial charge in [0.2, 0.25) is 0 Å². The minimum atomic E-state index is -0.0696. The Labute approximate surface area is 127 Å². The number of carbonyl (C=O) groups excluding carboxylic acids is 1. The molecule has 116 valence electrons. The Hall–Kier alpha value is -1.55. The van der Waals surface area contributed by atoms with Gasteiger partial charge in [-0.2, -0.15) is 0 Å². The van der Waals surface area contributed by atoms with Gasteiger partial charge in [-0.3, -0.25) is 9.69 Å². The molecule has 0 radical (unpaired) electrons. The Morgan fingerprint density at radius 1 is 1.33 bits per heavy atom. The zero-order valence-electron chi connectivity index (χ0n) is 12.9. The maximum absolute atomic E-state index is 11.2. The van der Waals surface area contributed by atoms with Crippen molar-refractivity contribution in [3.63, 3.8) is 0 Å². The fourth-order valence-corrected chi connectivity index (χ4v) is 2.90. The van der Waals surface area contributed by atoms with E-state index < -0.39 is 0 Å². The van der Waals surface area contributed by atoms with E-state index in [-0.39, 0.29) is 5.97 Å². The first-order chi connectivity index (χ1) is 10.2. The topological polar surface area (TPSA) is 55.6 Å². The third-order valence-electron chi connectivity index (χ3n) is 4.04. The minimum Gasteiger partial charge on any atom is -0.466 e. The van der Waals surface area contributed by atoms with Crippen LogP contribution < -0.4 is 5.73 Å². The maximum atomic E-state index is 11.2. The van der Waals surface area contributed by atoms with Gasteiger partial charge in [-0.15, -0.1) is 0 Å². The van der Waals surface area contributed by atoms with E-state index in [4.69, 9.17) is 10.5 Å². The second-order valence-electron chi connectivity index (χ2n) is 5.63. The molecule has 1 heterocycles. The maximum Gasteiger partial charge on any atom is 0.305 e. The number of hydrogen-bond donors (Lipinski definition) is 1. The van der Waals surface area contributed by atoms with Crippen LogP contribution in [-0.4, -0.2) is 30.6 Å². The molecule has 1 aliphatic heterocycles. The fourth-order valence-electron chi connectivity index (χ4n) is 2.90. The predicted octanol–water partition coefficient (Wildman–Crippen LogP) is 2.75. The Morgan fingerprint density at radius 3 is 3.00 bits per heavy atom. The molecule has 0 amide bonds. The monoisotopic (exact) mass is 290 g/mol. The van der Waals surface area contributed by atoms with Crippen LogP contribution in [0.5, 0.6) is 0 Å². The van der Waals surface area contributed by atoms with Gasteiger partial charge in [0.05, 0.1) is 6.61 Å². The lowest BCUT2D eigenvalue weighted by Crippen LogP contribution is -2.31. The van der Waals surface area contributed by atoms with Crippen LogP contribution in [0.4, 0.5) is 5.69 Å². The van der Waals surface area contributed by atoms with Gasteiger partial charge in [0.25, 0.3) is 0 Å². The van der Waals surface area contributed by atoms with Crippen LogP contribution in [0.15, 0.2) is 18.2 Å². The zero-order valence-corrected chi connectivity index (χ0v) is 12.9. The van der Waals surface area contributed by atoms with E-state index in [2.05, 4.69) is 11.0 Å². The normalized spacial score (nSPS) is 14.7. The molecule has 0 saturated carbocycles. The molecule has 4 heteroatoms. The third kappa shape index (κ3) is 4.74. The van der Waals surface area contributed by atoms with E-state index in [9.17, 15) is 4.79 Å². The van der Waals surface area contributed by atoms with Gasteiger partial charge in [0.1, 0.15) is 0 Å². The SMILES string of the molecule is CCOC(=O)CCCCCN1CCc2c(N)cccc2C1. The van der Waals surface area contributed by atoms with E-state index in [1.165, 1.54) is 11.1 Å². The van der Waals surface area contributed by atoms with Crippen molar-refractivity contribution in [1.29, 1.82) is 0 Å². The highest BCUT2D eigenvalue weighted by Crippen LogP contribution is 2.24. The Kier molecular flexibility index (Phi) is 6.05. The van der Waals surface area contributed by atoms with Gasteiger partial charge < -0.3 is 10.5 Å². The molecule has 0 saturated heterocycles. The van der Waals surface area contributed by atoms with Crippen molar-refractivity contribution in [2.24, 2.45) is 0 Å². The third-order valence-corrected chi connectivity index (χ3v) is 4.04. The predicted molar refractivity (Wildman–Crippen MR) is 84.9 cm³/mol. The molecular weight excluding hydrogens is 264 g/mol. The van der Waals surface area contributed by atoms with E-state index in [1.807, 2.05) is 19.1 Å². The lowest BCUT2D eigenvalue weighted by atomic mass is 9.98. The molecule has 4 nitrogen and oxygen atoms in total. The summed E-state index contributed by atoms with van der Waals surface area (Å²) in [6.45, 7) is 5.50. The number of ether oxygens (including phenoxy) is 1. The highest BCUT2D eigenvalue weighted by molar-refractivity contribution is 5.69. The lowest BCUT2D eigenvalue weighted by molar-refractivity contribution is -0.143. The van der Waals surface area contributed by atoms with Crippen molar-refractivity contribution >= 4 is 11.7 Å². The van der Waals surface area contributed by atoms with Crippen molar-refractivity contribution in [1.82, 2.24) is 4.90 Å². The van der Waals surface area contributed by atoms with E-state index >= 15 is 0 Å². The number of fused-ring (bicyclic) bond motifs is 1. The zero-order chi connectivity index (χ0) is 15.1. The van der Waals surface area contributed by atoms with Crippen molar-refractivity contribution in [2.45, 2.75) is 45.6 Å². The number of nitrogen functional groups attached to an aromatic ring is 1. The summed E-state index contributed by atoms with van der Waals surface area (Å²) in [5.74, 6) is -0.0696. The van der Waals surface area contributed by atoms with Gasteiger partial charge >= 0.3 is 5.97 Å². The number of esters is 1. The number of benzene rings is 1. The van der Waals surface area contributed by atoms with Crippen LogP contribution in [0.2, 0.25) is 0 Å². The Balaban J connectivity index is 1.66. The molecule has 0 aliphatic carbocycles.